The summed E-state index contributed by atoms with van der Waals surface area (Å²) in [7, 11) is 0. The summed E-state index contributed by atoms with van der Waals surface area (Å²) in [5.41, 5.74) is 1.30. The van der Waals surface area contributed by atoms with Crippen molar-refractivity contribution < 1.29 is 0 Å². The second-order valence-electron chi connectivity index (χ2n) is 3.56. The highest BCUT2D eigenvalue weighted by molar-refractivity contribution is 7.80. The van der Waals surface area contributed by atoms with Gasteiger partial charge in [0, 0.05) is 6.42 Å². The van der Waals surface area contributed by atoms with Gasteiger partial charge in [0.2, 0.25) is 0 Å². The van der Waals surface area contributed by atoms with E-state index in [1.807, 2.05) is 6.92 Å². The van der Waals surface area contributed by atoms with Crippen molar-refractivity contribution in [2.75, 3.05) is 0 Å². The van der Waals surface area contributed by atoms with E-state index < -0.39 is 0 Å². The minimum absolute atomic E-state index is 0.903. The summed E-state index contributed by atoms with van der Waals surface area (Å²) in [5, 5.41) is 2.58. The highest BCUT2D eigenvalue weighted by Crippen LogP contribution is 2.16. The lowest BCUT2D eigenvalue weighted by Gasteiger charge is -2.02. The summed E-state index contributed by atoms with van der Waals surface area (Å²) >= 11 is 5.10. The van der Waals surface area contributed by atoms with E-state index in [2.05, 4.69) is 42.5 Å². The molecule has 0 N–H and O–H groups in total. The van der Waals surface area contributed by atoms with Crippen molar-refractivity contribution in [3.63, 3.8) is 0 Å². The molecule has 0 amide bonds. The molecule has 0 aliphatic carbocycles. The topological polar surface area (TPSA) is 0 Å². The van der Waals surface area contributed by atoms with E-state index in [9.17, 15) is 0 Å². The molecule has 0 unspecified atom stereocenters. The molecule has 2 aromatic carbocycles. The zero-order valence-corrected chi connectivity index (χ0v) is 8.97. The summed E-state index contributed by atoms with van der Waals surface area (Å²) < 4.78 is 0. The van der Waals surface area contributed by atoms with Crippen LogP contribution in [-0.4, -0.2) is 4.86 Å². The van der Waals surface area contributed by atoms with Gasteiger partial charge in [-0.3, -0.25) is 0 Å². The molecule has 0 aliphatic heterocycles. The van der Waals surface area contributed by atoms with Crippen molar-refractivity contribution in [1.82, 2.24) is 0 Å². The zero-order valence-electron chi connectivity index (χ0n) is 8.16. The number of hydrogen-bond donors (Lipinski definition) is 0. The third-order valence-corrected chi connectivity index (χ3v) is 2.41. The monoisotopic (exact) mass is 200 g/mol. The third-order valence-electron chi connectivity index (χ3n) is 2.27. The zero-order chi connectivity index (χ0) is 9.97. The molecule has 0 heterocycles. The first-order valence-corrected chi connectivity index (χ1v) is 5.13. The molecule has 0 bridgehead atoms. The van der Waals surface area contributed by atoms with Crippen molar-refractivity contribution in [1.29, 1.82) is 0 Å². The Labute approximate surface area is 89.6 Å². The Morgan fingerprint density at radius 1 is 1.07 bits per heavy atom. The largest absolute Gasteiger partial charge is 0.0896 e. The Balaban J connectivity index is 2.46. The molecule has 0 aliphatic rings. The van der Waals surface area contributed by atoms with Crippen LogP contribution in [0.15, 0.2) is 42.5 Å². The smallest absolute Gasteiger partial charge is 0.00356 e. The Morgan fingerprint density at radius 2 is 1.79 bits per heavy atom. The van der Waals surface area contributed by atoms with E-state index in [1.54, 1.807) is 0 Å². The number of fused-ring (bicyclic) bond motifs is 1. The molecule has 0 spiro atoms. The second-order valence-corrected chi connectivity index (χ2v) is 4.26. The van der Waals surface area contributed by atoms with Crippen molar-refractivity contribution in [3.05, 3.63) is 48.0 Å². The fourth-order valence-electron chi connectivity index (χ4n) is 1.64. The summed E-state index contributed by atoms with van der Waals surface area (Å²) in [5.74, 6) is 0. The van der Waals surface area contributed by atoms with Crippen LogP contribution in [0.5, 0.6) is 0 Å². The fraction of sp³-hybridized carbons (Fsp3) is 0.154. The van der Waals surface area contributed by atoms with Crippen LogP contribution in [0.3, 0.4) is 0 Å². The lowest BCUT2D eigenvalue weighted by atomic mass is 10.0. The summed E-state index contributed by atoms with van der Waals surface area (Å²) in [6, 6.07) is 14.9. The lowest BCUT2D eigenvalue weighted by Crippen LogP contribution is -1.92. The number of thiocarbonyl (C=S) groups is 1. The SMILES string of the molecule is CC(=S)Cc1ccc2ccccc2c1. The van der Waals surface area contributed by atoms with Crippen LogP contribution in [-0.2, 0) is 6.42 Å². The Hall–Kier alpha value is -1.21. The number of hydrogen-bond acceptors (Lipinski definition) is 1. The standard InChI is InChI=1S/C13H12S/c1-10(14)8-11-6-7-12-4-2-3-5-13(12)9-11/h2-7,9H,8H2,1H3. The van der Waals surface area contributed by atoms with Crippen molar-refractivity contribution in [2.45, 2.75) is 13.3 Å². The molecule has 0 saturated heterocycles. The van der Waals surface area contributed by atoms with Crippen LogP contribution in [0, 0.1) is 0 Å². The Kier molecular flexibility index (Phi) is 2.60. The molecule has 1 heteroatoms. The van der Waals surface area contributed by atoms with E-state index in [0.717, 1.165) is 11.3 Å². The van der Waals surface area contributed by atoms with Gasteiger partial charge in [0.1, 0.15) is 0 Å². The molecular formula is C13H12S. The first kappa shape index (κ1) is 9.35. The van der Waals surface area contributed by atoms with Crippen molar-refractivity contribution in [3.8, 4) is 0 Å². The van der Waals surface area contributed by atoms with E-state index in [0.29, 0.717) is 0 Å². The van der Waals surface area contributed by atoms with Gasteiger partial charge in [0.25, 0.3) is 0 Å². The number of benzene rings is 2. The van der Waals surface area contributed by atoms with Gasteiger partial charge < -0.3 is 0 Å². The molecule has 0 aromatic heterocycles. The fourth-order valence-corrected chi connectivity index (χ4v) is 1.80. The van der Waals surface area contributed by atoms with Gasteiger partial charge in [-0.2, -0.15) is 0 Å². The quantitative estimate of drug-likeness (QED) is 0.665. The summed E-state index contributed by atoms with van der Waals surface area (Å²) in [4.78, 5) is 1.04. The minimum atomic E-state index is 0.903. The van der Waals surface area contributed by atoms with Crippen molar-refractivity contribution >= 4 is 27.9 Å². The molecule has 0 atom stereocenters. The van der Waals surface area contributed by atoms with Gasteiger partial charge in [-0.1, -0.05) is 54.7 Å². The van der Waals surface area contributed by atoms with E-state index in [-0.39, 0.29) is 0 Å². The second kappa shape index (κ2) is 3.89. The maximum Gasteiger partial charge on any atom is 0.00356 e. The van der Waals surface area contributed by atoms with Crippen LogP contribution in [0.1, 0.15) is 12.5 Å². The van der Waals surface area contributed by atoms with E-state index >= 15 is 0 Å². The van der Waals surface area contributed by atoms with Gasteiger partial charge in [-0.15, -0.1) is 0 Å². The maximum absolute atomic E-state index is 5.10. The highest BCUT2D eigenvalue weighted by Gasteiger charge is 1.96. The molecule has 0 radical (unpaired) electrons. The van der Waals surface area contributed by atoms with Gasteiger partial charge in [0.15, 0.2) is 0 Å². The predicted molar refractivity (Wildman–Crippen MR) is 65.9 cm³/mol. The summed E-state index contributed by atoms with van der Waals surface area (Å²) in [6.45, 7) is 1.99. The average molecular weight is 200 g/mol. The van der Waals surface area contributed by atoms with Crippen LogP contribution < -0.4 is 0 Å². The molecule has 0 saturated carbocycles. The van der Waals surface area contributed by atoms with Gasteiger partial charge >= 0.3 is 0 Å². The van der Waals surface area contributed by atoms with Crippen LogP contribution in [0.4, 0.5) is 0 Å². The van der Waals surface area contributed by atoms with Gasteiger partial charge in [-0.05, 0) is 28.1 Å². The van der Waals surface area contributed by atoms with Crippen LogP contribution in [0.25, 0.3) is 10.8 Å². The molecule has 0 fully saturated rings. The van der Waals surface area contributed by atoms with Gasteiger partial charge in [0.05, 0.1) is 0 Å². The highest BCUT2D eigenvalue weighted by atomic mass is 32.1. The van der Waals surface area contributed by atoms with E-state index in [4.69, 9.17) is 12.2 Å². The Morgan fingerprint density at radius 3 is 2.50 bits per heavy atom. The summed E-state index contributed by atoms with van der Waals surface area (Å²) in [6.07, 6.45) is 0.903. The molecule has 2 aromatic rings. The molecular weight excluding hydrogens is 188 g/mol. The van der Waals surface area contributed by atoms with E-state index in [1.165, 1.54) is 16.3 Å². The predicted octanol–water partition coefficient (Wildman–Crippen LogP) is 3.77. The van der Waals surface area contributed by atoms with Crippen molar-refractivity contribution in [2.24, 2.45) is 0 Å². The molecule has 2 rings (SSSR count). The minimum Gasteiger partial charge on any atom is -0.0896 e. The first-order valence-electron chi connectivity index (χ1n) is 4.73. The first-order chi connectivity index (χ1) is 6.75. The van der Waals surface area contributed by atoms with Crippen LogP contribution >= 0.6 is 12.2 Å². The number of rotatable bonds is 2. The molecule has 0 nitrogen and oxygen atoms in total. The van der Waals surface area contributed by atoms with Gasteiger partial charge in [-0.25, -0.2) is 0 Å². The Bertz CT molecular complexity index is 471. The molecule has 14 heavy (non-hydrogen) atoms. The average Bonchev–Trinajstić information content (AvgIpc) is 2.17. The molecule has 70 valence electrons. The van der Waals surface area contributed by atoms with Crippen LogP contribution in [0.2, 0.25) is 0 Å². The normalized spacial score (nSPS) is 10.4. The lowest BCUT2D eigenvalue weighted by molar-refractivity contribution is 1.36. The maximum atomic E-state index is 5.10. The third kappa shape index (κ3) is 1.99.